The maximum absolute atomic E-state index is 10.4. The largest absolute Gasteiger partial charge is 0.299 e. The Morgan fingerprint density at radius 2 is 2.00 bits per heavy atom. The van der Waals surface area contributed by atoms with Crippen molar-refractivity contribution in [2.24, 2.45) is 0 Å². The van der Waals surface area contributed by atoms with Gasteiger partial charge in [0.2, 0.25) is 0 Å². The Bertz CT molecular complexity index is 163. The summed E-state index contributed by atoms with van der Waals surface area (Å²) in [6, 6.07) is 0. The molecular weight excluding hydrogens is 140 g/mol. The first kappa shape index (κ1) is 8.62. The fourth-order valence-electron chi connectivity index (χ4n) is 0.585. The van der Waals surface area contributed by atoms with E-state index in [1.54, 1.807) is 6.92 Å². The molecule has 54 valence electrons. The fourth-order valence-corrected chi connectivity index (χ4v) is 1.18. The van der Waals surface area contributed by atoms with Gasteiger partial charge >= 0.3 is 0 Å². The Balaban J connectivity index is 4.16. The average Bonchev–Trinajstić information content (AvgIpc) is 1.64. The molecule has 0 aliphatic heterocycles. The van der Waals surface area contributed by atoms with Crippen LogP contribution in [0.5, 0.6) is 0 Å². The van der Waals surface area contributed by atoms with Crippen molar-refractivity contribution in [3.63, 3.8) is 0 Å². The maximum Gasteiger partial charge on any atom is 0.150 e. The Morgan fingerprint density at radius 1 is 1.56 bits per heavy atom. The molecule has 0 aromatic rings. The van der Waals surface area contributed by atoms with Crippen LogP contribution in [0, 0.1) is 0 Å². The topological polar surface area (TPSA) is 51.2 Å². The first-order valence-corrected chi connectivity index (χ1v) is 3.98. The summed E-state index contributed by atoms with van der Waals surface area (Å²) in [6.07, 6.45) is 0.383. The second kappa shape index (κ2) is 3.61. The molecule has 0 aromatic heterocycles. The second-order valence-corrected chi connectivity index (χ2v) is 3.01. The second-order valence-electron chi connectivity index (χ2n) is 1.82. The van der Waals surface area contributed by atoms with Crippen molar-refractivity contribution in [2.45, 2.75) is 25.5 Å². The molecule has 9 heavy (non-hydrogen) atoms. The number of carbonyl (C=O) groups is 1. The van der Waals surface area contributed by atoms with Crippen LogP contribution >= 0.6 is 0 Å². The van der Waals surface area contributed by atoms with Gasteiger partial charge < -0.3 is 0 Å². The minimum atomic E-state index is -2.55. The number of rotatable bonds is 3. The van der Waals surface area contributed by atoms with Crippen molar-refractivity contribution in [3.8, 4) is 0 Å². The molecule has 0 heterocycles. The van der Waals surface area contributed by atoms with Gasteiger partial charge in [0.15, 0.2) is 0 Å². The van der Waals surface area contributed by atoms with Crippen molar-refractivity contribution in [1.29, 1.82) is 0 Å². The van der Waals surface area contributed by atoms with Gasteiger partial charge in [-0.1, -0.05) is 6.92 Å². The van der Waals surface area contributed by atoms with Crippen molar-refractivity contribution in [1.82, 2.24) is 0 Å². The Morgan fingerprint density at radius 3 is 2.00 bits per heavy atom. The van der Waals surface area contributed by atoms with Crippen molar-refractivity contribution in [2.75, 3.05) is 0 Å². The summed E-state index contributed by atoms with van der Waals surface area (Å²) in [5.41, 5.74) is 0. The van der Waals surface area contributed by atoms with E-state index in [2.05, 4.69) is 0 Å². The first-order valence-electron chi connectivity index (χ1n) is 2.73. The van der Waals surface area contributed by atoms with E-state index in [1.165, 1.54) is 6.92 Å². The standard InChI is InChI=1S/C5H10O3S/c1-3-5(4(2)6)9(7)8/h5,9H,3H2,1-2H3. The monoisotopic (exact) mass is 150 g/mol. The van der Waals surface area contributed by atoms with Gasteiger partial charge in [0.25, 0.3) is 0 Å². The molecule has 0 spiro atoms. The molecular formula is C5H10O3S. The summed E-state index contributed by atoms with van der Waals surface area (Å²) in [7, 11) is -2.55. The number of carbonyl (C=O) groups excluding carboxylic acids is 1. The summed E-state index contributed by atoms with van der Waals surface area (Å²) >= 11 is 0. The summed E-state index contributed by atoms with van der Waals surface area (Å²) in [5, 5.41) is -0.764. The molecule has 4 heteroatoms. The molecule has 3 nitrogen and oxygen atoms in total. The van der Waals surface area contributed by atoms with Crippen LogP contribution in [0.2, 0.25) is 0 Å². The molecule has 0 fully saturated rings. The zero-order valence-corrected chi connectivity index (χ0v) is 6.35. The molecule has 0 bridgehead atoms. The quantitative estimate of drug-likeness (QED) is 0.574. The van der Waals surface area contributed by atoms with Crippen molar-refractivity contribution in [3.05, 3.63) is 0 Å². The third-order valence-corrected chi connectivity index (χ3v) is 2.35. The van der Waals surface area contributed by atoms with Gasteiger partial charge in [-0.15, -0.1) is 0 Å². The van der Waals surface area contributed by atoms with Crippen LogP contribution in [-0.2, 0) is 15.5 Å². The molecule has 0 saturated carbocycles. The van der Waals surface area contributed by atoms with Crippen LogP contribution in [-0.4, -0.2) is 19.5 Å². The third-order valence-electron chi connectivity index (χ3n) is 1.11. The smallest absolute Gasteiger partial charge is 0.150 e. The van der Waals surface area contributed by atoms with E-state index < -0.39 is 16.0 Å². The highest BCUT2D eigenvalue weighted by atomic mass is 32.2. The molecule has 0 rings (SSSR count). The summed E-state index contributed by atoms with van der Waals surface area (Å²) in [5.74, 6) is -0.270. The van der Waals surface area contributed by atoms with Crippen LogP contribution in [0.1, 0.15) is 20.3 Å². The van der Waals surface area contributed by atoms with Gasteiger partial charge in [0.05, 0.1) is 0 Å². The highest BCUT2D eigenvalue weighted by Crippen LogP contribution is 1.95. The van der Waals surface area contributed by atoms with E-state index in [0.717, 1.165) is 0 Å². The molecule has 0 radical (unpaired) electrons. The van der Waals surface area contributed by atoms with E-state index in [-0.39, 0.29) is 5.78 Å². The summed E-state index contributed by atoms with van der Waals surface area (Å²) in [4.78, 5) is 10.4. The highest BCUT2D eigenvalue weighted by molar-refractivity contribution is 7.74. The molecule has 0 aliphatic rings. The minimum Gasteiger partial charge on any atom is -0.299 e. The first-order chi connectivity index (χ1) is 4.09. The van der Waals surface area contributed by atoms with Gasteiger partial charge in [-0.05, 0) is 13.3 Å². The molecule has 0 saturated heterocycles. The van der Waals surface area contributed by atoms with Crippen molar-refractivity contribution >= 4 is 16.5 Å². The summed E-state index contributed by atoms with van der Waals surface area (Å²) < 4.78 is 20.4. The Hall–Kier alpha value is -0.380. The van der Waals surface area contributed by atoms with Crippen LogP contribution in [0.15, 0.2) is 0 Å². The molecule has 0 aliphatic carbocycles. The summed E-state index contributed by atoms with van der Waals surface area (Å²) in [6.45, 7) is 2.97. The molecule has 0 aromatic carbocycles. The lowest BCUT2D eigenvalue weighted by Crippen LogP contribution is -2.17. The lowest BCUT2D eigenvalue weighted by atomic mass is 10.2. The van der Waals surface area contributed by atoms with Crippen LogP contribution in [0.25, 0.3) is 0 Å². The zero-order valence-electron chi connectivity index (χ0n) is 5.46. The van der Waals surface area contributed by atoms with Crippen molar-refractivity contribution < 1.29 is 13.2 Å². The normalized spacial score (nSPS) is 13.7. The molecule has 1 unspecified atom stereocenters. The fraction of sp³-hybridized carbons (Fsp3) is 0.800. The van der Waals surface area contributed by atoms with Crippen LogP contribution in [0.4, 0.5) is 0 Å². The molecule has 0 amide bonds. The minimum absolute atomic E-state index is 0.270. The Kier molecular flexibility index (Phi) is 3.46. The predicted octanol–water partition coefficient (Wildman–Crippen LogP) is -0.0346. The molecule has 1 atom stereocenters. The number of ketones is 1. The number of thiol groups is 1. The highest BCUT2D eigenvalue weighted by Gasteiger charge is 2.13. The van der Waals surface area contributed by atoms with E-state index in [0.29, 0.717) is 6.42 Å². The van der Waals surface area contributed by atoms with Crippen LogP contribution < -0.4 is 0 Å². The van der Waals surface area contributed by atoms with Crippen LogP contribution in [0.3, 0.4) is 0 Å². The SMILES string of the molecule is CCC(C(C)=O)[SH](=O)=O. The van der Waals surface area contributed by atoms with E-state index in [9.17, 15) is 13.2 Å². The lowest BCUT2D eigenvalue weighted by Gasteiger charge is -1.98. The third kappa shape index (κ3) is 2.60. The van der Waals surface area contributed by atoms with E-state index >= 15 is 0 Å². The Labute approximate surface area is 56.0 Å². The predicted molar refractivity (Wildman–Crippen MR) is 35.1 cm³/mol. The number of hydrogen-bond acceptors (Lipinski definition) is 3. The van der Waals surface area contributed by atoms with Gasteiger partial charge in [-0.3, -0.25) is 4.79 Å². The maximum atomic E-state index is 10.4. The van der Waals surface area contributed by atoms with E-state index in [4.69, 9.17) is 0 Å². The average molecular weight is 150 g/mol. The number of hydrogen-bond donors (Lipinski definition) is 1. The van der Waals surface area contributed by atoms with E-state index in [1.807, 2.05) is 0 Å². The lowest BCUT2D eigenvalue weighted by molar-refractivity contribution is -0.116. The van der Waals surface area contributed by atoms with Gasteiger partial charge in [0, 0.05) is 0 Å². The van der Waals surface area contributed by atoms with Gasteiger partial charge in [-0.2, -0.15) is 0 Å². The zero-order chi connectivity index (χ0) is 7.44. The van der Waals surface area contributed by atoms with Gasteiger partial charge in [-0.25, -0.2) is 8.42 Å². The van der Waals surface area contributed by atoms with Gasteiger partial charge in [0.1, 0.15) is 21.7 Å². The molecule has 0 N–H and O–H groups in total. The number of Topliss-reactive ketones (excluding diaryl/α,β-unsaturated/α-hetero) is 1.